The number of fused-ring (bicyclic) bond motifs is 3. The minimum Gasteiger partial charge on any atom is -0.310 e. The second kappa shape index (κ2) is 16.3. The fraction of sp³-hybridized carbons (Fsp3) is 0.354. The molecule has 6 aliphatic carbocycles. The van der Waals surface area contributed by atoms with Crippen molar-refractivity contribution >= 4 is 17.1 Å². The van der Waals surface area contributed by atoms with E-state index in [4.69, 9.17) is 0 Å². The quantitative estimate of drug-likeness (QED) is 0.124. The summed E-state index contributed by atoms with van der Waals surface area (Å²) in [4.78, 5) is 2.46. The molecule has 0 aliphatic heterocycles. The third kappa shape index (κ3) is 6.85. The molecule has 0 N–H and O–H groups in total. The van der Waals surface area contributed by atoms with Crippen LogP contribution in [0.25, 0.3) is 11.1 Å². The summed E-state index contributed by atoms with van der Waals surface area (Å²) in [5, 5.41) is 0. The molecule has 0 saturated heterocycles. The zero-order chi connectivity index (χ0) is 44.6. The van der Waals surface area contributed by atoms with E-state index >= 15 is 0 Å². The minimum absolute atomic E-state index is 0.0633. The van der Waals surface area contributed by atoms with Crippen molar-refractivity contribution < 1.29 is 0 Å². The Bertz CT molecular complexity index is 2800. The lowest BCUT2D eigenvalue weighted by Gasteiger charge is -2.57. The van der Waals surface area contributed by atoms with Gasteiger partial charge in [-0.2, -0.15) is 0 Å². The number of para-hydroxylation sites is 1. The van der Waals surface area contributed by atoms with Gasteiger partial charge in [0.15, 0.2) is 0 Å². The molecule has 332 valence electrons. The van der Waals surface area contributed by atoms with E-state index in [0.717, 1.165) is 17.8 Å². The Kier molecular flexibility index (Phi) is 10.3. The highest BCUT2D eigenvalue weighted by molar-refractivity contribution is 5.85. The van der Waals surface area contributed by atoms with Crippen molar-refractivity contribution in [1.29, 1.82) is 0 Å². The van der Waals surface area contributed by atoms with Crippen molar-refractivity contribution in [2.24, 2.45) is 29.6 Å². The molecule has 5 saturated carbocycles. The SMILES string of the molecule is CC(C)C1CCCCC1(c1ccc(C(c2ccccc2)c2ccc(C34CC5CC(CC(C5)C3)C4)cc2)cc1)c1ccc(N(c2ccccc2)c2ccc3c(c2)C(C)(C)c2ccccc2-3)cc1. The lowest BCUT2D eigenvalue weighted by atomic mass is 9.48. The average molecular weight is 862 g/mol. The fourth-order valence-corrected chi connectivity index (χ4v) is 15.4. The normalized spacial score (nSPS) is 26.2. The first kappa shape index (κ1) is 41.7. The summed E-state index contributed by atoms with van der Waals surface area (Å²) in [5.41, 5.74) is 18.1. The molecule has 13 rings (SSSR count). The molecule has 4 bridgehead atoms. The van der Waals surface area contributed by atoms with Crippen LogP contribution in [-0.4, -0.2) is 0 Å². The van der Waals surface area contributed by atoms with Gasteiger partial charge >= 0.3 is 0 Å². The Morgan fingerprint density at radius 2 is 0.970 bits per heavy atom. The van der Waals surface area contributed by atoms with Crippen LogP contribution in [0, 0.1) is 29.6 Å². The molecule has 1 heteroatoms. The highest BCUT2D eigenvalue weighted by Crippen LogP contribution is 2.61. The molecule has 0 amide bonds. The van der Waals surface area contributed by atoms with Gasteiger partial charge < -0.3 is 4.90 Å². The van der Waals surface area contributed by atoms with E-state index in [-0.39, 0.29) is 16.7 Å². The lowest BCUT2D eigenvalue weighted by Crippen LogP contribution is -2.48. The van der Waals surface area contributed by atoms with E-state index in [1.165, 1.54) is 131 Å². The molecule has 3 unspecified atom stereocenters. The van der Waals surface area contributed by atoms with Gasteiger partial charge in [-0.1, -0.05) is 180 Å². The highest BCUT2D eigenvalue weighted by atomic mass is 15.1. The van der Waals surface area contributed by atoms with Crippen LogP contribution < -0.4 is 4.90 Å². The molecule has 3 atom stereocenters. The van der Waals surface area contributed by atoms with Crippen LogP contribution in [0.1, 0.15) is 142 Å². The van der Waals surface area contributed by atoms with Gasteiger partial charge in [-0.25, -0.2) is 0 Å². The van der Waals surface area contributed by atoms with Gasteiger partial charge in [0.25, 0.3) is 0 Å². The predicted octanol–water partition coefficient (Wildman–Crippen LogP) is 17.2. The molecule has 0 spiro atoms. The second-order valence-electron chi connectivity index (χ2n) is 22.5. The van der Waals surface area contributed by atoms with Crippen molar-refractivity contribution in [2.45, 2.75) is 114 Å². The maximum Gasteiger partial charge on any atom is 0.0465 e. The van der Waals surface area contributed by atoms with Gasteiger partial charge in [-0.05, 0) is 178 Å². The van der Waals surface area contributed by atoms with Crippen LogP contribution in [0.3, 0.4) is 0 Å². The van der Waals surface area contributed by atoms with E-state index in [1.54, 1.807) is 5.56 Å². The number of nitrogens with zero attached hydrogens (tertiary/aromatic N) is 1. The molecular formula is C65H67N. The van der Waals surface area contributed by atoms with Gasteiger partial charge in [-0.3, -0.25) is 0 Å². The molecule has 5 fully saturated rings. The molecule has 66 heavy (non-hydrogen) atoms. The third-order valence-corrected chi connectivity index (χ3v) is 18.0. The van der Waals surface area contributed by atoms with E-state index in [9.17, 15) is 0 Å². The van der Waals surface area contributed by atoms with Crippen molar-refractivity contribution in [3.05, 3.63) is 220 Å². The Balaban J connectivity index is 0.902. The summed E-state index contributed by atoms with van der Waals surface area (Å²) >= 11 is 0. The zero-order valence-electron chi connectivity index (χ0n) is 39.7. The van der Waals surface area contributed by atoms with Crippen LogP contribution in [0.15, 0.2) is 176 Å². The first-order chi connectivity index (χ1) is 32.2. The second-order valence-corrected chi connectivity index (χ2v) is 22.5. The number of hydrogen-bond acceptors (Lipinski definition) is 1. The van der Waals surface area contributed by atoms with Crippen molar-refractivity contribution in [3.63, 3.8) is 0 Å². The van der Waals surface area contributed by atoms with Crippen molar-refractivity contribution in [2.75, 3.05) is 4.90 Å². The van der Waals surface area contributed by atoms with Gasteiger partial charge in [0.05, 0.1) is 0 Å². The Hall–Kier alpha value is -5.66. The lowest BCUT2D eigenvalue weighted by molar-refractivity contribution is -0.00519. The van der Waals surface area contributed by atoms with E-state index in [1.807, 2.05) is 0 Å². The number of rotatable bonds is 10. The minimum atomic E-state index is -0.0671. The molecular weight excluding hydrogens is 795 g/mol. The molecule has 7 aromatic carbocycles. The molecule has 7 aromatic rings. The van der Waals surface area contributed by atoms with Gasteiger partial charge in [0.2, 0.25) is 0 Å². The Morgan fingerprint density at radius 3 is 1.59 bits per heavy atom. The number of benzene rings is 7. The maximum absolute atomic E-state index is 2.55. The summed E-state index contributed by atoms with van der Waals surface area (Å²) in [6, 6.07) is 68.3. The molecule has 0 radical (unpaired) electrons. The molecule has 6 aliphatic rings. The van der Waals surface area contributed by atoms with Crippen LogP contribution in [0.4, 0.5) is 17.1 Å². The third-order valence-electron chi connectivity index (χ3n) is 18.0. The topological polar surface area (TPSA) is 3.24 Å². The molecule has 1 nitrogen and oxygen atoms in total. The predicted molar refractivity (Wildman–Crippen MR) is 276 cm³/mol. The Labute approximate surface area is 395 Å². The molecule has 0 heterocycles. The summed E-state index contributed by atoms with van der Waals surface area (Å²) in [7, 11) is 0. The first-order valence-electron chi connectivity index (χ1n) is 25.7. The zero-order valence-corrected chi connectivity index (χ0v) is 39.7. The van der Waals surface area contributed by atoms with Gasteiger partial charge in [0, 0.05) is 33.8 Å². The smallest absolute Gasteiger partial charge is 0.0465 e. The fourth-order valence-electron chi connectivity index (χ4n) is 15.4. The molecule has 0 aromatic heterocycles. The van der Waals surface area contributed by atoms with E-state index in [0.29, 0.717) is 17.3 Å². The summed E-state index contributed by atoms with van der Waals surface area (Å²) < 4.78 is 0. The number of anilines is 3. The summed E-state index contributed by atoms with van der Waals surface area (Å²) in [6.07, 6.45) is 13.7. The van der Waals surface area contributed by atoms with Crippen LogP contribution >= 0.6 is 0 Å². The van der Waals surface area contributed by atoms with E-state index < -0.39 is 0 Å². The van der Waals surface area contributed by atoms with Crippen LogP contribution in [0.5, 0.6) is 0 Å². The van der Waals surface area contributed by atoms with Gasteiger partial charge in [-0.15, -0.1) is 0 Å². The van der Waals surface area contributed by atoms with Crippen molar-refractivity contribution in [3.8, 4) is 11.1 Å². The van der Waals surface area contributed by atoms with Gasteiger partial charge in [0.1, 0.15) is 0 Å². The standard InChI is InChI=1S/C65H67N/c1-44(2)59-20-13-14-36-65(59,53-30-32-55(33-31-53)66(54-17-9-6-10-18-54)56-34-35-58-57-19-11-12-21-60(57)63(3,4)61(58)40-56)52-28-24-50(25-29-52)62(48-15-7-5-8-16-48)49-22-26-51(27-23-49)64-41-45-37-46(42-64)39-47(38-45)43-64/h5-12,15-19,21-35,40,44-47,59,62H,13-14,20,36-39,41-43H2,1-4H3. The van der Waals surface area contributed by atoms with E-state index in [2.05, 4.69) is 209 Å². The highest BCUT2D eigenvalue weighted by Gasteiger charge is 2.51. The van der Waals surface area contributed by atoms with Crippen molar-refractivity contribution in [1.82, 2.24) is 0 Å². The largest absolute Gasteiger partial charge is 0.310 e. The number of hydrogen-bond donors (Lipinski definition) is 0. The van der Waals surface area contributed by atoms with Crippen LogP contribution in [-0.2, 0) is 16.2 Å². The Morgan fingerprint density at radius 1 is 0.470 bits per heavy atom. The summed E-state index contributed by atoms with van der Waals surface area (Å²) in [6.45, 7) is 9.70. The first-order valence-corrected chi connectivity index (χ1v) is 25.7. The summed E-state index contributed by atoms with van der Waals surface area (Å²) in [5.74, 6) is 4.18. The van der Waals surface area contributed by atoms with Crippen LogP contribution in [0.2, 0.25) is 0 Å². The monoisotopic (exact) mass is 862 g/mol. The maximum atomic E-state index is 2.55. The average Bonchev–Trinajstić information content (AvgIpc) is 3.57.